The Kier molecular flexibility index (Phi) is 4.03. The molecule has 0 bridgehead atoms. The molecule has 1 fully saturated rings. The average Bonchev–Trinajstić information content (AvgIpc) is 2.84. The molecule has 21 heavy (non-hydrogen) atoms. The second kappa shape index (κ2) is 5.95. The van der Waals surface area contributed by atoms with Crippen molar-refractivity contribution >= 4 is 0 Å². The standard InChI is InChI=1S/C16H21N3O2/c1-11-6-12(2)8-14(7-11)9-19-4-5-20-15(10-19)16-17-13(3)21-18-16/h6-8,15H,4-5,9-10H2,1-3H3/t15-/m0/s1. The quantitative estimate of drug-likeness (QED) is 0.868. The number of hydrogen-bond donors (Lipinski definition) is 0. The van der Waals surface area contributed by atoms with Gasteiger partial charge in [-0.05, 0) is 19.4 Å². The number of nitrogens with zero attached hydrogens (tertiary/aromatic N) is 3. The molecule has 0 N–H and O–H groups in total. The number of benzene rings is 1. The van der Waals surface area contributed by atoms with Gasteiger partial charge in [0, 0.05) is 26.6 Å². The molecule has 1 saturated heterocycles. The van der Waals surface area contributed by atoms with Gasteiger partial charge in [0.25, 0.3) is 0 Å². The lowest BCUT2D eigenvalue weighted by Crippen LogP contribution is -2.38. The molecule has 5 nitrogen and oxygen atoms in total. The van der Waals surface area contributed by atoms with Gasteiger partial charge in [0.2, 0.25) is 11.7 Å². The number of ether oxygens (including phenoxy) is 1. The van der Waals surface area contributed by atoms with Gasteiger partial charge >= 0.3 is 0 Å². The summed E-state index contributed by atoms with van der Waals surface area (Å²) < 4.78 is 10.8. The monoisotopic (exact) mass is 287 g/mol. The van der Waals surface area contributed by atoms with Gasteiger partial charge in [0.05, 0.1) is 6.61 Å². The van der Waals surface area contributed by atoms with E-state index in [4.69, 9.17) is 9.26 Å². The van der Waals surface area contributed by atoms with Crippen molar-refractivity contribution in [2.24, 2.45) is 0 Å². The van der Waals surface area contributed by atoms with Gasteiger partial charge in [-0.2, -0.15) is 4.98 Å². The number of aromatic nitrogens is 2. The van der Waals surface area contributed by atoms with Gasteiger partial charge in [-0.15, -0.1) is 0 Å². The van der Waals surface area contributed by atoms with Crippen molar-refractivity contribution in [1.82, 2.24) is 15.0 Å². The predicted octanol–water partition coefficient (Wildman–Crippen LogP) is 2.57. The second-order valence-electron chi connectivity index (χ2n) is 5.76. The number of morpholine rings is 1. The number of hydrogen-bond acceptors (Lipinski definition) is 5. The maximum Gasteiger partial charge on any atom is 0.223 e. The van der Waals surface area contributed by atoms with Crippen molar-refractivity contribution in [2.45, 2.75) is 33.4 Å². The first-order valence-electron chi connectivity index (χ1n) is 7.31. The predicted molar refractivity (Wildman–Crippen MR) is 78.9 cm³/mol. The molecule has 1 aromatic carbocycles. The van der Waals surface area contributed by atoms with Crippen molar-refractivity contribution in [1.29, 1.82) is 0 Å². The van der Waals surface area contributed by atoms with Crippen molar-refractivity contribution < 1.29 is 9.26 Å². The molecule has 0 saturated carbocycles. The van der Waals surface area contributed by atoms with Crippen LogP contribution in [0, 0.1) is 20.8 Å². The van der Waals surface area contributed by atoms with Crippen LogP contribution in [0.2, 0.25) is 0 Å². The van der Waals surface area contributed by atoms with Gasteiger partial charge in [-0.1, -0.05) is 34.5 Å². The fourth-order valence-electron chi connectivity index (χ4n) is 2.87. The van der Waals surface area contributed by atoms with E-state index in [0.29, 0.717) is 18.3 Å². The number of rotatable bonds is 3. The Bertz CT molecular complexity index is 603. The van der Waals surface area contributed by atoms with Crippen LogP contribution in [0.3, 0.4) is 0 Å². The van der Waals surface area contributed by atoms with Crippen molar-refractivity contribution in [3.8, 4) is 0 Å². The van der Waals surface area contributed by atoms with Crippen molar-refractivity contribution in [2.75, 3.05) is 19.7 Å². The minimum absolute atomic E-state index is 0.0953. The zero-order valence-corrected chi connectivity index (χ0v) is 12.8. The number of aryl methyl sites for hydroxylation is 3. The molecular formula is C16H21N3O2. The molecule has 0 aliphatic carbocycles. The molecule has 0 unspecified atom stereocenters. The minimum atomic E-state index is -0.0953. The molecule has 2 heterocycles. The van der Waals surface area contributed by atoms with E-state index in [2.05, 4.69) is 47.1 Å². The van der Waals surface area contributed by atoms with E-state index >= 15 is 0 Å². The molecule has 5 heteroatoms. The van der Waals surface area contributed by atoms with Gasteiger partial charge in [-0.3, -0.25) is 4.90 Å². The first-order valence-corrected chi connectivity index (χ1v) is 7.31. The Hall–Kier alpha value is -1.72. The molecule has 2 aromatic rings. The summed E-state index contributed by atoms with van der Waals surface area (Å²) in [6.45, 7) is 9.43. The topological polar surface area (TPSA) is 51.4 Å². The highest BCUT2D eigenvalue weighted by Crippen LogP contribution is 2.21. The first-order chi connectivity index (χ1) is 10.1. The zero-order chi connectivity index (χ0) is 14.8. The summed E-state index contributed by atoms with van der Waals surface area (Å²) in [4.78, 5) is 6.66. The van der Waals surface area contributed by atoms with Crippen LogP contribution in [0.5, 0.6) is 0 Å². The fourth-order valence-corrected chi connectivity index (χ4v) is 2.87. The molecule has 0 radical (unpaired) electrons. The van der Waals surface area contributed by atoms with Gasteiger partial charge in [0.1, 0.15) is 6.10 Å². The Morgan fingerprint density at radius 2 is 1.95 bits per heavy atom. The lowest BCUT2D eigenvalue weighted by Gasteiger charge is -2.31. The Morgan fingerprint density at radius 3 is 2.62 bits per heavy atom. The van der Waals surface area contributed by atoms with Gasteiger partial charge < -0.3 is 9.26 Å². The molecule has 3 rings (SSSR count). The smallest absolute Gasteiger partial charge is 0.223 e. The highest BCUT2D eigenvalue weighted by molar-refractivity contribution is 5.28. The summed E-state index contributed by atoms with van der Waals surface area (Å²) in [7, 11) is 0. The molecule has 1 aromatic heterocycles. The lowest BCUT2D eigenvalue weighted by molar-refractivity contribution is -0.0380. The largest absolute Gasteiger partial charge is 0.367 e. The van der Waals surface area contributed by atoms with E-state index in [1.165, 1.54) is 16.7 Å². The molecule has 0 amide bonds. The molecule has 1 aliphatic rings. The van der Waals surface area contributed by atoms with E-state index in [0.717, 1.165) is 19.6 Å². The lowest BCUT2D eigenvalue weighted by atomic mass is 10.1. The molecular weight excluding hydrogens is 266 g/mol. The average molecular weight is 287 g/mol. The van der Waals surface area contributed by atoms with Crippen LogP contribution in [0.15, 0.2) is 22.7 Å². The fraction of sp³-hybridized carbons (Fsp3) is 0.500. The maximum atomic E-state index is 5.77. The van der Waals surface area contributed by atoms with Crippen LogP contribution in [-0.4, -0.2) is 34.7 Å². The summed E-state index contributed by atoms with van der Waals surface area (Å²) in [5, 5.41) is 3.97. The van der Waals surface area contributed by atoms with E-state index in [1.807, 2.05) is 0 Å². The Morgan fingerprint density at radius 1 is 1.19 bits per heavy atom. The summed E-state index contributed by atoms with van der Waals surface area (Å²) in [5.41, 5.74) is 3.96. The van der Waals surface area contributed by atoms with E-state index in [-0.39, 0.29) is 6.10 Å². The second-order valence-corrected chi connectivity index (χ2v) is 5.76. The van der Waals surface area contributed by atoms with E-state index < -0.39 is 0 Å². The summed E-state index contributed by atoms with van der Waals surface area (Å²) in [6, 6.07) is 6.69. The molecule has 1 atom stereocenters. The third-order valence-electron chi connectivity index (χ3n) is 3.67. The minimum Gasteiger partial charge on any atom is -0.367 e. The van der Waals surface area contributed by atoms with Crippen LogP contribution in [-0.2, 0) is 11.3 Å². The normalized spacial score (nSPS) is 19.9. The SMILES string of the molecule is Cc1cc(C)cc(CN2CCO[C@H](c3noc(C)n3)C2)c1. The van der Waals surface area contributed by atoms with Crippen LogP contribution in [0.1, 0.15) is 34.5 Å². The zero-order valence-electron chi connectivity index (χ0n) is 12.8. The highest BCUT2D eigenvalue weighted by atomic mass is 16.5. The molecule has 0 spiro atoms. The van der Waals surface area contributed by atoms with Crippen LogP contribution < -0.4 is 0 Å². The summed E-state index contributed by atoms with van der Waals surface area (Å²) >= 11 is 0. The van der Waals surface area contributed by atoms with Crippen molar-refractivity contribution in [3.63, 3.8) is 0 Å². The van der Waals surface area contributed by atoms with Crippen LogP contribution in [0.25, 0.3) is 0 Å². The van der Waals surface area contributed by atoms with E-state index in [9.17, 15) is 0 Å². The van der Waals surface area contributed by atoms with Crippen LogP contribution in [0.4, 0.5) is 0 Å². The third kappa shape index (κ3) is 3.49. The Balaban J connectivity index is 1.68. The Labute approximate surface area is 124 Å². The summed E-state index contributed by atoms with van der Waals surface area (Å²) in [6.07, 6.45) is -0.0953. The van der Waals surface area contributed by atoms with Gasteiger partial charge in [-0.25, -0.2) is 0 Å². The highest BCUT2D eigenvalue weighted by Gasteiger charge is 2.25. The van der Waals surface area contributed by atoms with Crippen molar-refractivity contribution in [3.05, 3.63) is 46.6 Å². The molecule has 112 valence electrons. The molecule has 1 aliphatic heterocycles. The maximum absolute atomic E-state index is 5.77. The first kappa shape index (κ1) is 14.2. The van der Waals surface area contributed by atoms with Crippen LogP contribution >= 0.6 is 0 Å². The third-order valence-corrected chi connectivity index (χ3v) is 3.67. The summed E-state index contributed by atoms with van der Waals surface area (Å²) in [5.74, 6) is 1.23. The van der Waals surface area contributed by atoms with E-state index in [1.54, 1.807) is 6.92 Å². The van der Waals surface area contributed by atoms with Gasteiger partial charge in [0.15, 0.2) is 0 Å².